The molecule has 1 atom stereocenters. The van der Waals surface area contributed by atoms with Gasteiger partial charge in [-0.15, -0.1) is 0 Å². The Morgan fingerprint density at radius 1 is 0.688 bits per heavy atom. The average Bonchev–Trinajstić information content (AvgIpc) is 3.12. The Kier molecular flexibility index (Phi) is 18.1. The Bertz CT molecular complexity index is 1380. The van der Waals surface area contributed by atoms with Gasteiger partial charge in [0.15, 0.2) is 6.10 Å². The number of benzene rings is 1. The van der Waals surface area contributed by atoms with Crippen LogP contribution in [0.5, 0.6) is 5.75 Å². The second-order valence-corrected chi connectivity index (χ2v) is 11.8. The molecule has 1 aromatic carbocycles. The number of hydrogen-bond acceptors (Lipinski definition) is 9. The first kappa shape index (κ1) is 37.9. The second kappa shape index (κ2) is 22.9. The van der Waals surface area contributed by atoms with Crippen molar-refractivity contribution >= 4 is 24.0 Å². The third-order valence-corrected chi connectivity index (χ3v) is 7.72. The lowest BCUT2D eigenvalue weighted by atomic mass is 10.1. The highest BCUT2D eigenvalue weighted by atomic mass is 16.6. The molecule has 3 rings (SSSR count). The Balaban J connectivity index is 1.39. The number of aromatic nitrogens is 2. The van der Waals surface area contributed by atoms with Gasteiger partial charge < -0.3 is 18.9 Å². The van der Waals surface area contributed by atoms with Crippen molar-refractivity contribution in [1.82, 2.24) is 9.97 Å². The van der Waals surface area contributed by atoms with Gasteiger partial charge in [-0.1, -0.05) is 89.7 Å². The lowest BCUT2D eigenvalue weighted by molar-refractivity contribution is -0.142. The maximum Gasteiger partial charge on any atom is 0.340 e. The van der Waals surface area contributed by atoms with E-state index in [1.165, 1.54) is 95.4 Å². The van der Waals surface area contributed by atoms with E-state index in [9.17, 15) is 14.4 Å². The minimum absolute atomic E-state index is 0.213. The van der Waals surface area contributed by atoms with Gasteiger partial charge in [-0.3, -0.25) is 9.97 Å². The van der Waals surface area contributed by atoms with Gasteiger partial charge in [0.2, 0.25) is 0 Å². The van der Waals surface area contributed by atoms with Crippen LogP contribution in [0.1, 0.15) is 117 Å². The highest BCUT2D eigenvalue weighted by Crippen LogP contribution is 2.17. The fraction of sp³-hybridized carbons (Fsp3) is 0.462. The summed E-state index contributed by atoms with van der Waals surface area (Å²) in [5.41, 5.74) is 1.62. The zero-order valence-electron chi connectivity index (χ0n) is 28.4. The minimum Gasteiger partial charge on any atom is -0.494 e. The predicted molar refractivity (Wildman–Crippen MR) is 186 cm³/mol. The van der Waals surface area contributed by atoms with E-state index in [1.54, 1.807) is 37.3 Å². The van der Waals surface area contributed by atoms with Gasteiger partial charge in [0.25, 0.3) is 0 Å². The predicted octanol–water partition coefficient (Wildman–Crippen LogP) is 8.59. The summed E-state index contributed by atoms with van der Waals surface area (Å²) in [5, 5.41) is 0. The first-order valence-electron chi connectivity index (χ1n) is 17.2. The van der Waals surface area contributed by atoms with Crippen LogP contribution in [0.3, 0.4) is 0 Å². The van der Waals surface area contributed by atoms with E-state index in [2.05, 4.69) is 16.9 Å². The van der Waals surface area contributed by atoms with Gasteiger partial charge in [0.1, 0.15) is 19.0 Å². The van der Waals surface area contributed by atoms with E-state index in [0.717, 1.165) is 17.7 Å². The van der Waals surface area contributed by atoms with Crippen molar-refractivity contribution in [3.05, 3.63) is 95.6 Å². The van der Waals surface area contributed by atoms with Crippen LogP contribution in [0.4, 0.5) is 0 Å². The number of rotatable bonds is 23. The van der Waals surface area contributed by atoms with Gasteiger partial charge in [-0.2, -0.15) is 0 Å². The standard InChI is InChI=1S/C39H50N2O7/c1-3-4-5-6-7-8-9-10-11-12-13-14-25-45-35-21-19-32(20-22-35)26-31(2)37(42)46-29-36(48-39(44)34-18-16-24-41-28-34)30-47-38(43)33-17-15-23-40-27-33/h15-24,26-28,36H,3-14,25,29-30H2,1-2H3/b31-26+. The summed E-state index contributed by atoms with van der Waals surface area (Å²) in [4.78, 5) is 45.7. The number of nitrogens with zero attached hydrogens (tertiary/aromatic N) is 2. The average molecular weight is 659 g/mol. The molecule has 0 saturated carbocycles. The van der Waals surface area contributed by atoms with Crippen molar-refractivity contribution < 1.29 is 33.3 Å². The van der Waals surface area contributed by atoms with Crippen molar-refractivity contribution in [3.63, 3.8) is 0 Å². The highest BCUT2D eigenvalue weighted by Gasteiger charge is 2.21. The van der Waals surface area contributed by atoms with Crippen LogP contribution >= 0.6 is 0 Å². The smallest absolute Gasteiger partial charge is 0.340 e. The summed E-state index contributed by atoms with van der Waals surface area (Å²) in [6, 6.07) is 13.8. The maximum atomic E-state index is 12.8. The van der Waals surface area contributed by atoms with Crippen molar-refractivity contribution in [3.8, 4) is 5.75 Å². The number of ether oxygens (including phenoxy) is 4. The molecular weight excluding hydrogens is 608 g/mol. The van der Waals surface area contributed by atoms with Crippen LogP contribution < -0.4 is 4.74 Å². The molecular formula is C39H50N2O7. The summed E-state index contributed by atoms with van der Waals surface area (Å²) in [6.07, 6.45) is 22.1. The zero-order chi connectivity index (χ0) is 34.2. The number of hydrogen-bond donors (Lipinski definition) is 0. The molecule has 0 spiro atoms. The quantitative estimate of drug-likeness (QED) is 0.0428. The normalized spacial score (nSPS) is 11.8. The zero-order valence-corrected chi connectivity index (χ0v) is 28.4. The number of carbonyl (C=O) groups is 3. The van der Waals surface area contributed by atoms with Gasteiger partial charge in [-0.25, -0.2) is 14.4 Å². The molecule has 0 aliphatic heterocycles. The van der Waals surface area contributed by atoms with E-state index >= 15 is 0 Å². The molecule has 0 fully saturated rings. The highest BCUT2D eigenvalue weighted by molar-refractivity contribution is 5.93. The lowest BCUT2D eigenvalue weighted by Gasteiger charge is -2.18. The van der Waals surface area contributed by atoms with Crippen LogP contribution in [-0.2, 0) is 19.0 Å². The van der Waals surface area contributed by atoms with Gasteiger partial charge in [-0.05, 0) is 61.4 Å². The summed E-state index contributed by atoms with van der Waals surface area (Å²) in [6.45, 7) is 3.94. The summed E-state index contributed by atoms with van der Waals surface area (Å²) in [5.74, 6) is -1.14. The monoisotopic (exact) mass is 658 g/mol. The Hall–Kier alpha value is -4.53. The molecule has 48 heavy (non-hydrogen) atoms. The van der Waals surface area contributed by atoms with E-state index < -0.39 is 24.0 Å². The number of unbranched alkanes of at least 4 members (excludes halogenated alkanes) is 11. The van der Waals surface area contributed by atoms with Crippen LogP contribution in [-0.4, -0.2) is 53.8 Å². The third-order valence-electron chi connectivity index (χ3n) is 7.72. The fourth-order valence-electron chi connectivity index (χ4n) is 4.94. The SMILES string of the molecule is CCCCCCCCCCCCCCOc1ccc(/C=C(\C)C(=O)OCC(COC(=O)c2cccnc2)OC(=O)c2cccnc2)cc1. The van der Waals surface area contributed by atoms with E-state index in [1.807, 2.05) is 24.3 Å². The molecule has 0 amide bonds. The summed E-state index contributed by atoms with van der Waals surface area (Å²) >= 11 is 0. The second-order valence-electron chi connectivity index (χ2n) is 11.8. The van der Waals surface area contributed by atoms with Gasteiger partial charge in [0, 0.05) is 30.4 Å². The molecule has 0 radical (unpaired) electrons. The Labute approximate surface area is 285 Å². The number of carbonyl (C=O) groups excluding carboxylic acids is 3. The lowest BCUT2D eigenvalue weighted by Crippen LogP contribution is -2.31. The molecule has 0 bridgehead atoms. The molecule has 1 unspecified atom stereocenters. The summed E-state index contributed by atoms with van der Waals surface area (Å²) in [7, 11) is 0. The number of esters is 3. The van der Waals surface area contributed by atoms with Crippen molar-refractivity contribution in [2.75, 3.05) is 19.8 Å². The molecule has 0 aliphatic rings. The van der Waals surface area contributed by atoms with E-state index in [0.29, 0.717) is 12.2 Å². The van der Waals surface area contributed by atoms with Crippen LogP contribution in [0, 0.1) is 0 Å². The van der Waals surface area contributed by atoms with Crippen LogP contribution in [0.15, 0.2) is 78.9 Å². The first-order valence-corrected chi connectivity index (χ1v) is 17.2. The summed E-state index contributed by atoms with van der Waals surface area (Å²) < 4.78 is 22.1. The van der Waals surface area contributed by atoms with Crippen LogP contribution in [0.25, 0.3) is 6.08 Å². The van der Waals surface area contributed by atoms with Gasteiger partial charge in [0.05, 0.1) is 17.7 Å². The first-order chi connectivity index (χ1) is 23.5. The fourth-order valence-corrected chi connectivity index (χ4v) is 4.94. The molecule has 258 valence electrons. The third kappa shape index (κ3) is 15.4. The van der Waals surface area contributed by atoms with Gasteiger partial charge >= 0.3 is 17.9 Å². The molecule has 3 aromatic rings. The molecule has 2 aromatic heterocycles. The largest absolute Gasteiger partial charge is 0.494 e. The van der Waals surface area contributed by atoms with Crippen molar-refractivity contribution in [2.24, 2.45) is 0 Å². The van der Waals surface area contributed by atoms with E-state index in [-0.39, 0.29) is 24.3 Å². The molecule has 0 N–H and O–H groups in total. The van der Waals surface area contributed by atoms with E-state index in [4.69, 9.17) is 18.9 Å². The maximum absolute atomic E-state index is 12.8. The minimum atomic E-state index is -1.04. The van der Waals surface area contributed by atoms with Crippen molar-refractivity contribution in [2.45, 2.75) is 97.0 Å². The van der Waals surface area contributed by atoms with Crippen molar-refractivity contribution in [1.29, 1.82) is 0 Å². The van der Waals surface area contributed by atoms with Crippen LogP contribution in [0.2, 0.25) is 0 Å². The molecule has 0 saturated heterocycles. The Morgan fingerprint density at radius 2 is 1.23 bits per heavy atom. The topological polar surface area (TPSA) is 114 Å². The number of pyridine rings is 2. The Morgan fingerprint density at radius 3 is 1.79 bits per heavy atom. The molecule has 2 heterocycles. The molecule has 9 nitrogen and oxygen atoms in total. The molecule has 0 aliphatic carbocycles. The molecule has 9 heteroatoms.